The van der Waals surface area contributed by atoms with Gasteiger partial charge in [0.25, 0.3) is 0 Å². The number of fused-ring (bicyclic) bond motifs is 10. The van der Waals surface area contributed by atoms with Crippen LogP contribution in [0, 0.1) is 12.3 Å². The van der Waals surface area contributed by atoms with Gasteiger partial charge in [-0.1, -0.05) is 127 Å². The van der Waals surface area contributed by atoms with Crippen LogP contribution in [0.1, 0.15) is 34.2 Å². The van der Waals surface area contributed by atoms with Crippen LogP contribution in [-0.2, 0) is 5.41 Å². The molecule has 1 spiro atoms. The van der Waals surface area contributed by atoms with Crippen LogP contribution < -0.4 is 0 Å². The standard InChI is InChI=1S/C36H24/c1-2-3-4-13-25-14-11-15-26(24-25)27-19-12-20-31-30-18-7-10-23-34(30)36(35(27)31)32-21-8-5-16-28(32)29-17-6-9-22-33(29)36/h1,3-23H,24H2/b4-3-,25-13-. The van der Waals surface area contributed by atoms with Crippen molar-refractivity contribution in [2.24, 2.45) is 0 Å². The highest BCUT2D eigenvalue weighted by atomic mass is 14.5. The largest absolute Gasteiger partial charge is 0.115 e. The number of hydrogen-bond acceptors (Lipinski definition) is 0. The molecule has 0 nitrogen and oxygen atoms in total. The zero-order valence-corrected chi connectivity index (χ0v) is 19.9. The third-order valence-corrected chi connectivity index (χ3v) is 7.86. The molecule has 0 aliphatic heterocycles. The minimum atomic E-state index is -0.328. The summed E-state index contributed by atoms with van der Waals surface area (Å²) in [4.78, 5) is 0. The average Bonchev–Trinajstić information content (AvgIpc) is 3.41. The monoisotopic (exact) mass is 456 g/mol. The van der Waals surface area contributed by atoms with Gasteiger partial charge in [-0.2, -0.15) is 0 Å². The normalized spacial score (nSPS) is 17.0. The van der Waals surface area contributed by atoms with Gasteiger partial charge in [0.15, 0.2) is 0 Å². The maximum Gasteiger partial charge on any atom is 0.0731 e. The molecular formula is C36H24. The fourth-order valence-corrected chi connectivity index (χ4v) is 6.57. The molecule has 168 valence electrons. The van der Waals surface area contributed by atoms with Crippen LogP contribution in [0.5, 0.6) is 0 Å². The zero-order valence-electron chi connectivity index (χ0n) is 19.9. The lowest BCUT2D eigenvalue weighted by Gasteiger charge is -2.32. The first-order chi connectivity index (χ1) is 17.8. The summed E-state index contributed by atoms with van der Waals surface area (Å²) < 4.78 is 0. The Morgan fingerprint density at radius 1 is 0.667 bits per heavy atom. The number of hydrogen-bond donors (Lipinski definition) is 0. The molecular weight excluding hydrogens is 432 g/mol. The molecule has 0 saturated heterocycles. The molecule has 0 amide bonds. The van der Waals surface area contributed by atoms with Crippen molar-refractivity contribution in [1.82, 2.24) is 0 Å². The molecule has 0 aromatic heterocycles. The van der Waals surface area contributed by atoms with Gasteiger partial charge in [-0.15, -0.1) is 6.42 Å². The molecule has 36 heavy (non-hydrogen) atoms. The molecule has 0 N–H and O–H groups in total. The molecule has 0 saturated carbocycles. The highest BCUT2D eigenvalue weighted by molar-refractivity contribution is 5.97. The Hall–Kier alpha value is -4.60. The summed E-state index contributed by atoms with van der Waals surface area (Å²) in [7, 11) is 0. The molecule has 7 rings (SSSR count). The van der Waals surface area contributed by atoms with E-state index >= 15 is 0 Å². The van der Waals surface area contributed by atoms with Crippen molar-refractivity contribution in [2.75, 3.05) is 0 Å². The average molecular weight is 457 g/mol. The second-order valence-electron chi connectivity index (χ2n) is 9.61. The van der Waals surface area contributed by atoms with E-state index in [9.17, 15) is 0 Å². The Morgan fingerprint density at radius 3 is 1.86 bits per heavy atom. The van der Waals surface area contributed by atoms with E-state index in [1.807, 2.05) is 6.08 Å². The second kappa shape index (κ2) is 7.98. The second-order valence-corrected chi connectivity index (χ2v) is 9.61. The van der Waals surface area contributed by atoms with Gasteiger partial charge in [0.2, 0.25) is 0 Å². The molecule has 0 unspecified atom stereocenters. The Morgan fingerprint density at radius 2 is 1.22 bits per heavy atom. The maximum atomic E-state index is 5.41. The van der Waals surface area contributed by atoms with Gasteiger partial charge >= 0.3 is 0 Å². The molecule has 3 aliphatic carbocycles. The first kappa shape index (κ1) is 20.7. The van der Waals surface area contributed by atoms with E-state index in [2.05, 4.69) is 121 Å². The van der Waals surface area contributed by atoms with Crippen LogP contribution in [0.15, 0.2) is 133 Å². The van der Waals surface area contributed by atoms with Crippen molar-refractivity contribution in [1.29, 1.82) is 0 Å². The van der Waals surface area contributed by atoms with E-state index in [1.165, 1.54) is 61.2 Å². The van der Waals surface area contributed by atoms with Crippen LogP contribution in [-0.4, -0.2) is 0 Å². The summed E-state index contributed by atoms with van der Waals surface area (Å²) in [6.45, 7) is 0. The van der Waals surface area contributed by atoms with E-state index in [0.29, 0.717) is 0 Å². The first-order valence-electron chi connectivity index (χ1n) is 12.5. The fraction of sp³-hybridized carbons (Fsp3) is 0.0556. The molecule has 0 fully saturated rings. The highest BCUT2D eigenvalue weighted by Crippen LogP contribution is 2.64. The van der Waals surface area contributed by atoms with E-state index in [4.69, 9.17) is 6.42 Å². The summed E-state index contributed by atoms with van der Waals surface area (Å²) in [6.07, 6.45) is 18.7. The molecule has 0 bridgehead atoms. The molecule has 3 aliphatic rings. The van der Waals surface area contributed by atoms with E-state index < -0.39 is 0 Å². The van der Waals surface area contributed by atoms with Crippen LogP contribution in [0.3, 0.4) is 0 Å². The smallest absolute Gasteiger partial charge is 0.0731 e. The van der Waals surface area contributed by atoms with Crippen molar-refractivity contribution < 1.29 is 0 Å². The molecule has 4 aromatic carbocycles. The highest BCUT2D eigenvalue weighted by Gasteiger charge is 2.52. The maximum absolute atomic E-state index is 5.41. The molecule has 0 atom stereocenters. The lowest BCUT2D eigenvalue weighted by Crippen LogP contribution is -2.27. The summed E-state index contributed by atoms with van der Waals surface area (Å²) in [5, 5.41) is 0. The van der Waals surface area contributed by atoms with Gasteiger partial charge in [0.05, 0.1) is 5.41 Å². The topological polar surface area (TPSA) is 0 Å². The van der Waals surface area contributed by atoms with E-state index in [1.54, 1.807) is 6.08 Å². The Balaban J connectivity index is 1.55. The molecule has 0 radical (unpaired) electrons. The summed E-state index contributed by atoms with van der Waals surface area (Å²) in [5.74, 6) is 2.58. The number of allylic oxidation sites excluding steroid dienone is 8. The third kappa shape index (κ3) is 2.72. The van der Waals surface area contributed by atoms with Gasteiger partial charge in [-0.3, -0.25) is 0 Å². The number of benzene rings is 4. The Kier molecular flexibility index (Phi) is 4.60. The van der Waals surface area contributed by atoms with Gasteiger partial charge in [0.1, 0.15) is 0 Å². The Bertz CT molecular complexity index is 1650. The summed E-state index contributed by atoms with van der Waals surface area (Å²) in [5.41, 5.74) is 14.5. The quantitative estimate of drug-likeness (QED) is 0.229. The van der Waals surface area contributed by atoms with Gasteiger partial charge in [-0.05, 0) is 73.7 Å². The zero-order chi connectivity index (χ0) is 24.1. The minimum absolute atomic E-state index is 0.328. The summed E-state index contributed by atoms with van der Waals surface area (Å²) in [6, 6.07) is 33.8. The molecule has 4 aromatic rings. The third-order valence-electron chi connectivity index (χ3n) is 7.86. The van der Waals surface area contributed by atoms with Gasteiger partial charge < -0.3 is 0 Å². The number of rotatable bonds is 2. The molecule has 0 heteroatoms. The molecule has 0 heterocycles. The van der Waals surface area contributed by atoms with Crippen molar-refractivity contribution in [3.05, 3.63) is 161 Å². The van der Waals surface area contributed by atoms with Crippen LogP contribution >= 0.6 is 0 Å². The van der Waals surface area contributed by atoms with Gasteiger partial charge in [-0.25, -0.2) is 0 Å². The van der Waals surface area contributed by atoms with Crippen molar-refractivity contribution in [2.45, 2.75) is 11.8 Å². The number of terminal acetylenes is 1. The van der Waals surface area contributed by atoms with Crippen molar-refractivity contribution in [3.8, 4) is 34.6 Å². The van der Waals surface area contributed by atoms with E-state index in [-0.39, 0.29) is 5.41 Å². The van der Waals surface area contributed by atoms with Crippen LogP contribution in [0.25, 0.3) is 27.8 Å². The Labute approximate surface area is 212 Å². The predicted octanol–water partition coefficient (Wildman–Crippen LogP) is 8.49. The lowest BCUT2D eigenvalue weighted by atomic mass is 9.68. The first-order valence-corrected chi connectivity index (χ1v) is 12.5. The van der Waals surface area contributed by atoms with Crippen molar-refractivity contribution in [3.63, 3.8) is 0 Å². The lowest BCUT2D eigenvalue weighted by molar-refractivity contribution is 0.790. The van der Waals surface area contributed by atoms with Crippen LogP contribution in [0.2, 0.25) is 0 Å². The van der Waals surface area contributed by atoms with E-state index in [0.717, 1.165) is 6.42 Å². The predicted molar refractivity (Wildman–Crippen MR) is 151 cm³/mol. The SMILES string of the molecule is C#C/C=C\C=C1\C=CC=C(c2cccc3c2C2(c4ccccc4-c4ccccc42)c2ccccc2-3)C1. The fourth-order valence-electron chi connectivity index (χ4n) is 6.57. The van der Waals surface area contributed by atoms with Crippen LogP contribution in [0.4, 0.5) is 0 Å². The minimum Gasteiger partial charge on any atom is -0.115 e. The summed E-state index contributed by atoms with van der Waals surface area (Å²) >= 11 is 0. The van der Waals surface area contributed by atoms with Crippen molar-refractivity contribution >= 4 is 5.57 Å². The van der Waals surface area contributed by atoms with Gasteiger partial charge in [0, 0.05) is 0 Å².